The van der Waals surface area contributed by atoms with Crippen LogP contribution in [0.2, 0.25) is 0 Å². The van der Waals surface area contributed by atoms with Gasteiger partial charge in [-0.3, -0.25) is 0 Å². The molecule has 11 aromatic rings. The predicted molar refractivity (Wildman–Crippen MR) is 295 cm³/mol. The Labute approximate surface area is 435 Å². The summed E-state index contributed by atoms with van der Waals surface area (Å²) in [6, 6.07) is 59.1. The van der Waals surface area contributed by atoms with Crippen molar-refractivity contribution in [1.82, 2.24) is 19.9 Å². The summed E-state index contributed by atoms with van der Waals surface area (Å²) in [4.78, 5) is 22.2. The minimum atomic E-state index is 0.791. The number of ether oxygens (including phenoxy) is 4. The summed E-state index contributed by atoms with van der Waals surface area (Å²) in [7, 11) is 6.78. The monoisotopic (exact) mass is 999 g/mol. The van der Waals surface area contributed by atoms with Gasteiger partial charge in [-0.1, -0.05) is 97.1 Å². The van der Waals surface area contributed by atoms with E-state index in [0.717, 1.165) is 173 Å². The molecule has 0 aliphatic carbocycles. The molecule has 0 spiro atoms. The van der Waals surface area contributed by atoms with Crippen molar-refractivity contribution < 1.29 is 40.0 Å². The summed E-state index contributed by atoms with van der Waals surface area (Å²) in [5.41, 5.74) is 13.9. The average molecular weight is 1000 g/mol. The molecule has 0 atom stereocenters. The fraction of sp³-hybridized carbons (Fsp3) is 0.0625. The zero-order valence-electron chi connectivity index (χ0n) is 40.8. The van der Waals surface area contributed by atoms with Crippen LogP contribution in [0.15, 0.2) is 170 Å². The van der Waals surface area contributed by atoms with E-state index in [4.69, 9.17) is 42.6 Å². The Morgan fingerprint density at radius 1 is 0.297 bits per heavy atom. The Balaban J connectivity index is 0.00000275. The van der Waals surface area contributed by atoms with Gasteiger partial charge in [0.05, 0.1) is 51.2 Å². The van der Waals surface area contributed by atoms with E-state index in [9.17, 15) is 0 Å². The number of aromatic nitrogens is 4. The van der Waals surface area contributed by atoms with Gasteiger partial charge in [-0.2, -0.15) is 0 Å². The van der Waals surface area contributed by atoms with Crippen molar-refractivity contribution in [3.63, 3.8) is 0 Å². The number of rotatable bonds is 8. The van der Waals surface area contributed by atoms with Crippen LogP contribution < -0.4 is 28.9 Å². The van der Waals surface area contributed by atoms with Gasteiger partial charge in [0.1, 0.15) is 23.0 Å². The first-order valence-electron chi connectivity index (χ1n) is 24.0. The molecule has 0 fully saturated rings. The van der Waals surface area contributed by atoms with Gasteiger partial charge in [-0.05, 0) is 185 Å². The van der Waals surface area contributed by atoms with Crippen molar-refractivity contribution in [2.45, 2.75) is 0 Å². The van der Waals surface area contributed by atoms with Crippen molar-refractivity contribution in [2.24, 2.45) is 0 Å². The van der Waals surface area contributed by atoms with E-state index in [1.807, 2.05) is 24.3 Å². The van der Waals surface area contributed by atoms with Crippen molar-refractivity contribution in [2.75, 3.05) is 28.4 Å². The molecule has 0 amide bonds. The standard InChI is InChI=1S/C64H44N4O4.O.V/c1-69-49-17-13-37-29-45(9-5-41(37)33-49)61-53-21-23-55(65-53)62(46-10-6-42-34-50(70-2)18-14-38(42)30-46)57-25-27-59(67-57)64(48-12-8-44-36-52(72-4)20-16-40(44)32-48)60-28-26-58(68-60)63(56-24-22-54(61)66-56)47-11-7-43-35-51(71-3)19-15-39(43)31-47;;/h5-36H,1-4H3;;/q-2;;+2. The van der Waals surface area contributed by atoms with Gasteiger partial charge in [0.25, 0.3) is 0 Å². The molecule has 74 heavy (non-hydrogen) atoms. The number of nitrogens with zero attached hydrogens (tertiary/aromatic N) is 4. The number of methoxy groups -OCH3 is 4. The van der Waals surface area contributed by atoms with Gasteiger partial charge in [-0.25, -0.2) is 9.97 Å². The fourth-order valence-electron chi connectivity index (χ4n) is 10.3. The van der Waals surface area contributed by atoms with Crippen LogP contribution in [-0.2, 0) is 21.0 Å². The second-order valence-electron chi connectivity index (χ2n) is 18.1. The van der Waals surface area contributed by atoms with Crippen molar-refractivity contribution in [3.05, 3.63) is 193 Å². The average Bonchev–Trinajstić information content (AvgIpc) is 4.32. The molecular formula is C64H44N4O5V. The van der Waals surface area contributed by atoms with Crippen LogP contribution in [0.25, 0.3) is 134 Å². The molecule has 0 N–H and O–H groups in total. The molecule has 10 heteroatoms. The molecule has 355 valence electrons. The summed E-state index contributed by atoms with van der Waals surface area (Å²) in [6.07, 6.45) is 8.44. The van der Waals surface area contributed by atoms with Crippen LogP contribution in [0.3, 0.4) is 0 Å². The van der Waals surface area contributed by atoms with Crippen LogP contribution in [0.4, 0.5) is 0 Å². The summed E-state index contributed by atoms with van der Waals surface area (Å²) >= 11 is 1.06. The van der Waals surface area contributed by atoms with E-state index < -0.39 is 0 Å². The molecule has 0 saturated carbocycles. The molecule has 2 aliphatic heterocycles. The molecule has 3 aromatic heterocycles. The molecular weight excluding hydrogens is 956 g/mol. The molecule has 0 saturated heterocycles. The second kappa shape index (κ2) is 19.2. The third-order valence-corrected chi connectivity index (χ3v) is 14.0. The maximum atomic E-state index is 8.19. The predicted octanol–water partition coefficient (Wildman–Crippen LogP) is 15.1. The zero-order valence-corrected chi connectivity index (χ0v) is 42.1. The first-order chi connectivity index (χ1) is 36.4. The molecule has 8 aromatic carbocycles. The van der Waals surface area contributed by atoms with E-state index in [2.05, 4.69) is 170 Å². The van der Waals surface area contributed by atoms with Crippen LogP contribution >= 0.6 is 0 Å². The summed E-state index contributed by atoms with van der Waals surface area (Å²) in [6.45, 7) is 0. The minimum absolute atomic E-state index is 0.791. The number of fused-ring (bicyclic) bond motifs is 12. The molecule has 5 heterocycles. The first kappa shape index (κ1) is 46.1. The normalized spacial score (nSPS) is 11.8. The molecule has 0 unspecified atom stereocenters. The van der Waals surface area contributed by atoms with Gasteiger partial charge >= 0.3 is 21.0 Å². The van der Waals surface area contributed by atoms with E-state index in [0.29, 0.717) is 0 Å². The molecule has 13 rings (SSSR count). The van der Waals surface area contributed by atoms with Crippen LogP contribution in [0, 0.1) is 0 Å². The summed E-state index contributed by atoms with van der Waals surface area (Å²) < 4.78 is 30.6. The Bertz CT molecular complexity index is 3780. The van der Waals surface area contributed by atoms with E-state index in [1.54, 1.807) is 28.4 Å². The van der Waals surface area contributed by atoms with E-state index >= 15 is 0 Å². The SMILES string of the molecule is COc1ccc2cc(-c3c4nc(c(-c5ccc6cc(OC)ccc6c5)c5ccc([n-]5)c(-c5ccc6cc(OC)ccc6c5)c5nc(c(-c6ccc7cc(OC)ccc7c6)c6ccc3[n-]6)C=C5)C=C4)ccc2c1.[O]=[V+2]. The quantitative estimate of drug-likeness (QED) is 0.147. The number of benzene rings is 8. The molecule has 9 nitrogen and oxygen atoms in total. The van der Waals surface area contributed by atoms with Gasteiger partial charge in [0.15, 0.2) is 0 Å². The van der Waals surface area contributed by atoms with E-state index in [-0.39, 0.29) is 0 Å². The topological polar surface area (TPSA) is 108 Å². The van der Waals surface area contributed by atoms with Crippen LogP contribution in [-0.4, -0.2) is 38.4 Å². The molecule has 0 radical (unpaired) electrons. The van der Waals surface area contributed by atoms with Gasteiger partial charge in [0, 0.05) is 0 Å². The maximum absolute atomic E-state index is 8.19. The molecule has 8 bridgehead atoms. The molecule has 2 aliphatic rings. The summed E-state index contributed by atoms with van der Waals surface area (Å²) in [5, 5.41) is 8.60. The zero-order chi connectivity index (χ0) is 50.5. The van der Waals surface area contributed by atoms with Crippen molar-refractivity contribution in [1.29, 1.82) is 0 Å². The van der Waals surface area contributed by atoms with Crippen molar-refractivity contribution in [3.8, 4) is 67.5 Å². The van der Waals surface area contributed by atoms with Gasteiger partial charge in [-0.15, -0.1) is 22.1 Å². The first-order valence-corrected chi connectivity index (χ1v) is 24.5. The Morgan fingerprint density at radius 2 is 0.514 bits per heavy atom. The Hall–Kier alpha value is -9.02. The second-order valence-corrected chi connectivity index (χ2v) is 18.1. The number of hydrogen-bond donors (Lipinski definition) is 0. The Morgan fingerprint density at radius 3 is 0.743 bits per heavy atom. The van der Waals surface area contributed by atoms with Crippen molar-refractivity contribution >= 4 is 89.5 Å². The van der Waals surface area contributed by atoms with Crippen LogP contribution in [0.5, 0.6) is 23.0 Å². The Kier molecular flexibility index (Phi) is 12.0. The van der Waals surface area contributed by atoms with Gasteiger partial charge < -0.3 is 28.9 Å². The summed E-state index contributed by atoms with van der Waals surface area (Å²) in [5.74, 6) is 3.22. The number of hydrogen-bond acceptors (Lipinski definition) is 7. The van der Waals surface area contributed by atoms with E-state index in [1.165, 1.54) is 0 Å². The van der Waals surface area contributed by atoms with Crippen LogP contribution in [0.1, 0.15) is 22.8 Å². The van der Waals surface area contributed by atoms with Gasteiger partial charge in [0.2, 0.25) is 0 Å². The fourth-order valence-corrected chi connectivity index (χ4v) is 10.3. The third kappa shape index (κ3) is 8.28. The third-order valence-electron chi connectivity index (χ3n) is 14.0.